The fourth-order valence-corrected chi connectivity index (χ4v) is 3.54. The highest BCUT2D eigenvalue weighted by atomic mass is 32.2. The van der Waals surface area contributed by atoms with Crippen LogP contribution in [0.25, 0.3) is 0 Å². The standard InChI is InChI=1S/C12H20N4O3S/c1-4-5-16-7-10(6-12(16)17)14-20(18,19)11-8-15(3)9(2)13-11/h8,10,14H,4-7H2,1-3H3/t10-/m0/s1. The number of rotatable bonds is 5. The summed E-state index contributed by atoms with van der Waals surface area (Å²) in [7, 11) is -1.93. The minimum atomic E-state index is -3.67. The normalized spacial score (nSPS) is 19.9. The van der Waals surface area contributed by atoms with Crippen LogP contribution >= 0.6 is 0 Å². The van der Waals surface area contributed by atoms with E-state index in [1.54, 1.807) is 23.4 Å². The second-order valence-corrected chi connectivity index (χ2v) is 6.76. The monoisotopic (exact) mass is 300 g/mol. The average molecular weight is 300 g/mol. The number of carbonyl (C=O) groups excluding carboxylic acids is 1. The van der Waals surface area contributed by atoms with Gasteiger partial charge in [-0.2, -0.15) is 0 Å². The molecule has 1 aromatic rings. The Morgan fingerprint density at radius 1 is 1.50 bits per heavy atom. The molecular weight excluding hydrogens is 280 g/mol. The van der Waals surface area contributed by atoms with Crippen molar-refractivity contribution in [3.63, 3.8) is 0 Å². The van der Waals surface area contributed by atoms with Crippen molar-refractivity contribution < 1.29 is 13.2 Å². The molecule has 0 bridgehead atoms. The van der Waals surface area contributed by atoms with Crippen LogP contribution in [-0.4, -0.2) is 47.9 Å². The van der Waals surface area contributed by atoms with E-state index in [0.29, 0.717) is 18.9 Å². The van der Waals surface area contributed by atoms with Gasteiger partial charge in [-0.1, -0.05) is 6.92 Å². The molecule has 1 aromatic heterocycles. The lowest BCUT2D eigenvalue weighted by Gasteiger charge is -2.15. The second-order valence-electron chi connectivity index (χ2n) is 5.10. The van der Waals surface area contributed by atoms with Crippen LogP contribution in [0.4, 0.5) is 0 Å². The number of aromatic nitrogens is 2. The first-order valence-corrected chi connectivity index (χ1v) is 8.12. The Labute approximate surface area is 119 Å². The summed E-state index contributed by atoms with van der Waals surface area (Å²) in [4.78, 5) is 17.4. The molecule has 112 valence electrons. The van der Waals surface area contributed by atoms with Crippen molar-refractivity contribution in [2.75, 3.05) is 13.1 Å². The first-order chi connectivity index (χ1) is 9.33. The summed E-state index contributed by atoms with van der Waals surface area (Å²) < 4.78 is 28.6. The number of carbonyl (C=O) groups is 1. The van der Waals surface area contributed by atoms with E-state index in [2.05, 4.69) is 9.71 Å². The molecule has 0 unspecified atom stereocenters. The summed E-state index contributed by atoms with van der Waals surface area (Å²) in [5, 5.41) is -0.00103. The molecule has 7 nitrogen and oxygen atoms in total. The van der Waals surface area contributed by atoms with Crippen LogP contribution in [0.15, 0.2) is 11.2 Å². The average Bonchev–Trinajstić information content (AvgIpc) is 2.84. The Morgan fingerprint density at radius 2 is 2.20 bits per heavy atom. The van der Waals surface area contributed by atoms with Crippen molar-refractivity contribution >= 4 is 15.9 Å². The lowest BCUT2D eigenvalue weighted by molar-refractivity contribution is -0.127. The van der Waals surface area contributed by atoms with Gasteiger partial charge in [-0.25, -0.2) is 18.1 Å². The molecule has 0 aliphatic carbocycles. The van der Waals surface area contributed by atoms with Gasteiger partial charge >= 0.3 is 0 Å². The van der Waals surface area contributed by atoms with Crippen LogP contribution in [0.5, 0.6) is 0 Å². The second kappa shape index (κ2) is 5.53. The Bertz CT molecular complexity index is 589. The van der Waals surface area contributed by atoms with Gasteiger partial charge in [0.05, 0.1) is 0 Å². The predicted octanol–water partition coefficient (Wildman–Crippen LogP) is 0.0177. The number of aryl methyl sites for hydroxylation is 2. The minimum absolute atomic E-state index is 0.00103. The third-order valence-corrected chi connectivity index (χ3v) is 4.78. The minimum Gasteiger partial charge on any atom is -0.341 e. The third-order valence-electron chi connectivity index (χ3n) is 3.39. The highest BCUT2D eigenvalue weighted by Crippen LogP contribution is 2.15. The van der Waals surface area contributed by atoms with E-state index >= 15 is 0 Å². The number of imidazole rings is 1. The van der Waals surface area contributed by atoms with E-state index in [0.717, 1.165) is 6.42 Å². The molecule has 0 radical (unpaired) electrons. The van der Waals surface area contributed by atoms with Gasteiger partial charge in [0.25, 0.3) is 10.0 Å². The van der Waals surface area contributed by atoms with Gasteiger partial charge < -0.3 is 9.47 Å². The van der Waals surface area contributed by atoms with E-state index in [1.165, 1.54) is 6.20 Å². The summed E-state index contributed by atoms with van der Waals surface area (Å²) in [6, 6.07) is -0.374. The van der Waals surface area contributed by atoms with Gasteiger partial charge in [-0.05, 0) is 13.3 Å². The molecule has 1 amide bonds. The van der Waals surface area contributed by atoms with E-state index in [1.807, 2.05) is 6.92 Å². The number of amides is 1. The molecule has 1 aliphatic heterocycles. The molecule has 1 saturated heterocycles. The summed E-state index contributed by atoms with van der Waals surface area (Å²) >= 11 is 0. The first kappa shape index (κ1) is 15.0. The van der Waals surface area contributed by atoms with E-state index < -0.39 is 10.0 Å². The Kier molecular flexibility index (Phi) is 4.14. The van der Waals surface area contributed by atoms with Gasteiger partial charge in [0.15, 0.2) is 5.03 Å². The number of hydrogen-bond donors (Lipinski definition) is 1. The molecule has 1 N–H and O–H groups in total. The summed E-state index contributed by atoms with van der Waals surface area (Å²) in [6.07, 6.45) is 2.55. The van der Waals surface area contributed by atoms with Crippen LogP contribution in [0.3, 0.4) is 0 Å². The topological polar surface area (TPSA) is 84.3 Å². The SMILES string of the molecule is CCCN1C[C@@H](NS(=O)(=O)c2cn(C)c(C)n2)CC1=O. The lowest BCUT2D eigenvalue weighted by Crippen LogP contribution is -2.37. The molecule has 2 heterocycles. The van der Waals surface area contributed by atoms with Crippen LogP contribution < -0.4 is 4.72 Å². The molecule has 1 fully saturated rings. The largest absolute Gasteiger partial charge is 0.341 e. The molecule has 0 aromatic carbocycles. The van der Waals surface area contributed by atoms with Crippen molar-refractivity contribution in [2.45, 2.75) is 37.8 Å². The number of sulfonamides is 1. The maximum absolute atomic E-state index is 12.2. The fraction of sp³-hybridized carbons (Fsp3) is 0.667. The Hall–Kier alpha value is -1.41. The zero-order valence-corrected chi connectivity index (χ0v) is 12.8. The quantitative estimate of drug-likeness (QED) is 0.830. The summed E-state index contributed by atoms with van der Waals surface area (Å²) in [5.74, 6) is 0.622. The lowest BCUT2D eigenvalue weighted by atomic mass is 10.3. The summed E-state index contributed by atoms with van der Waals surface area (Å²) in [5.41, 5.74) is 0. The Morgan fingerprint density at radius 3 is 2.75 bits per heavy atom. The van der Waals surface area contributed by atoms with Gasteiger partial charge in [-0.15, -0.1) is 0 Å². The van der Waals surface area contributed by atoms with Crippen LogP contribution in [0, 0.1) is 6.92 Å². The first-order valence-electron chi connectivity index (χ1n) is 6.63. The highest BCUT2D eigenvalue weighted by Gasteiger charge is 2.32. The smallest absolute Gasteiger partial charge is 0.259 e. The van der Waals surface area contributed by atoms with Crippen molar-refractivity contribution in [3.8, 4) is 0 Å². The molecule has 8 heteroatoms. The van der Waals surface area contributed by atoms with Gasteiger partial charge in [-0.3, -0.25) is 4.79 Å². The molecule has 1 atom stereocenters. The van der Waals surface area contributed by atoms with Gasteiger partial charge in [0.1, 0.15) is 5.82 Å². The maximum Gasteiger partial charge on any atom is 0.259 e. The predicted molar refractivity (Wildman–Crippen MR) is 73.5 cm³/mol. The van der Waals surface area contributed by atoms with Crippen LogP contribution in [0.1, 0.15) is 25.6 Å². The highest BCUT2D eigenvalue weighted by molar-refractivity contribution is 7.89. The molecule has 20 heavy (non-hydrogen) atoms. The van der Waals surface area contributed by atoms with Gasteiger partial charge in [0, 0.05) is 38.8 Å². The van der Waals surface area contributed by atoms with Crippen molar-refractivity contribution in [3.05, 3.63) is 12.0 Å². The van der Waals surface area contributed by atoms with Crippen molar-refractivity contribution in [1.29, 1.82) is 0 Å². The molecule has 2 rings (SSSR count). The van der Waals surface area contributed by atoms with Crippen LogP contribution in [0.2, 0.25) is 0 Å². The summed E-state index contributed by atoms with van der Waals surface area (Å²) in [6.45, 7) is 4.82. The van der Waals surface area contributed by atoms with Crippen LogP contribution in [-0.2, 0) is 21.9 Å². The molecular formula is C12H20N4O3S. The van der Waals surface area contributed by atoms with Crippen molar-refractivity contribution in [1.82, 2.24) is 19.2 Å². The number of nitrogens with one attached hydrogen (secondary N) is 1. The van der Waals surface area contributed by atoms with E-state index in [4.69, 9.17) is 0 Å². The molecule has 1 aliphatic rings. The van der Waals surface area contributed by atoms with Crippen molar-refractivity contribution in [2.24, 2.45) is 7.05 Å². The van der Waals surface area contributed by atoms with E-state index in [-0.39, 0.29) is 23.4 Å². The number of likely N-dealkylation sites (tertiary alicyclic amines) is 1. The number of hydrogen-bond acceptors (Lipinski definition) is 4. The Balaban J connectivity index is 2.08. The number of nitrogens with zero attached hydrogens (tertiary/aromatic N) is 3. The van der Waals surface area contributed by atoms with E-state index in [9.17, 15) is 13.2 Å². The zero-order valence-electron chi connectivity index (χ0n) is 12.0. The van der Waals surface area contributed by atoms with Gasteiger partial charge in [0.2, 0.25) is 5.91 Å². The zero-order chi connectivity index (χ0) is 14.9. The maximum atomic E-state index is 12.2. The third kappa shape index (κ3) is 3.01. The molecule has 0 saturated carbocycles. The molecule has 0 spiro atoms. The fourth-order valence-electron chi connectivity index (χ4n) is 2.27.